The molecule has 2 heterocycles. The molecule has 0 amide bonds. The Morgan fingerprint density at radius 1 is 1.50 bits per heavy atom. The first-order valence-electron chi connectivity index (χ1n) is 6.21. The van der Waals surface area contributed by atoms with E-state index in [2.05, 4.69) is 10.2 Å². The topological polar surface area (TPSA) is 72.9 Å². The number of hydrogen-bond acceptors (Lipinski definition) is 4. The van der Waals surface area contributed by atoms with Gasteiger partial charge in [0, 0.05) is 0 Å². The number of fused-ring (bicyclic) bond motifs is 1. The Labute approximate surface area is 103 Å². The summed E-state index contributed by atoms with van der Waals surface area (Å²) >= 11 is 0. The van der Waals surface area contributed by atoms with E-state index in [1.54, 1.807) is 6.20 Å². The highest BCUT2D eigenvalue weighted by atomic mass is 16.3. The van der Waals surface area contributed by atoms with Crippen LogP contribution in [-0.2, 0) is 12.3 Å². The van der Waals surface area contributed by atoms with Gasteiger partial charge in [0.2, 0.25) is 0 Å². The molecule has 0 aliphatic heterocycles. The number of aliphatic hydroxyl groups excluding tert-OH is 1. The van der Waals surface area contributed by atoms with Crippen LogP contribution in [0.1, 0.15) is 25.0 Å². The molecule has 0 spiro atoms. The highest BCUT2D eigenvalue weighted by Gasteiger charge is 2.59. The Balaban J connectivity index is 2.01. The van der Waals surface area contributed by atoms with E-state index in [0.717, 1.165) is 21.8 Å². The Morgan fingerprint density at radius 2 is 2.22 bits per heavy atom. The van der Waals surface area contributed by atoms with Crippen molar-refractivity contribution in [2.45, 2.75) is 38.5 Å². The Kier molecular flexibility index (Phi) is 1.71. The van der Waals surface area contributed by atoms with Crippen LogP contribution in [0.4, 0.5) is 0 Å². The second kappa shape index (κ2) is 3.00. The minimum absolute atomic E-state index is 0.149. The second-order valence-electron chi connectivity index (χ2n) is 5.55. The van der Waals surface area contributed by atoms with Gasteiger partial charge in [-0.2, -0.15) is 10.2 Å². The van der Waals surface area contributed by atoms with Crippen molar-refractivity contribution in [2.24, 2.45) is 5.92 Å². The van der Waals surface area contributed by atoms with Crippen LogP contribution in [0.5, 0.6) is 0 Å². The molecule has 2 bridgehead atoms. The van der Waals surface area contributed by atoms with E-state index >= 15 is 0 Å². The van der Waals surface area contributed by atoms with E-state index in [9.17, 15) is 4.79 Å². The van der Waals surface area contributed by atoms with E-state index < -0.39 is 6.73 Å². The van der Waals surface area contributed by atoms with Crippen molar-refractivity contribution in [3.05, 3.63) is 22.2 Å². The lowest BCUT2D eigenvalue weighted by Gasteiger charge is -2.61. The van der Waals surface area contributed by atoms with Gasteiger partial charge < -0.3 is 5.11 Å². The maximum Gasteiger partial charge on any atom is 0.280 e. The fourth-order valence-corrected chi connectivity index (χ4v) is 3.39. The van der Waals surface area contributed by atoms with E-state index in [4.69, 9.17) is 5.11 Å². The van der Waals surface area contributed by atoms with Gasteiger partial charge in [0.1, 0.15) is 6.73 Å². The SMILES string of the molecule is Cc1nn(C23CC(C2)C3)c2cnn(CO)c(=O)c12. The lowest BCUT2D eigenvalue weighted by Crippen LogP contribution is -2.59. The third-order valence-corrected chi connectivity index (χ3v) is 4.45. The second-order valence-corrected chi connectivity index (χ2v) is 5.55. The number of aromatic nitrogens is 4. The van der Waals surface area contributed by atoms with Gasteiger partial charge in [-0.15, -0.1) is 0 Å². The minimum Gasteiger partial charge on any atom is -0.374 e. The first-order chi connectivity index (χ1) is 8.64. The zero-order valence-electron chi connectivity index (χ0n) is 10.1. The Morgan fingerprint density at radius 3 is 2.78 bits per heavy atom. The molecule has 0 atom stereocenters. The van der Waals surface area contributed by atoms with Crippen molar-refractivity contribution in [3.8, 4) is 0 Å². The highest BCUT2D eigenvalue weighted by Crippen LogP contribution is 2.62. The van der Waals surface area contributed by atoms with Crippen LogP contribution in [-0.4, -0.2) is 24.7 Å². The highest BCUT2D eigenvalue weighted by molar-refractivity contribution is 5.80. The normalized spacial score (nSPS) is 29.1. The predicted octanol–water partition coefficient (Wildman–Crippen LogP) is 0.360. The standard InChI is InChI=1S/C12H14N4O2/c1-7-10-9(5-13-15(6-17)11(10)18)16(14-7)12-2-8(3-12)4-12/h5,8,17H,2-4,6H2,1H3. The van der Waals surface area contributed by atoms with E-state index in [1.807, 2.05) is 11.6 Å². The van der Waals surface area contributed by atoms with Gasteiger partial charge in [-0.1, -0.05) is 0 Å². The molecule has 3 aliphatic rings. The van der Waals surface area contributed by atoms with E-state index in [1.165, 1.54) is 19.3 Å². The molecular formula is C12H14N4O2. The van der Waals surface area contributed by atoms with Crippen LogP contribution in [0.15, 0.2) is 11.0 Å². The molecule has 2 aromatic rings. The summed E-state index contributed by atoms with van der Waals surface area (Å²) in [5.41, 5.74) is 1.42. The van der Waals surface area contributed by atoms with Gasteiger partial charge in [-0.25, -0.2) is 4.68 Å². The molecule has 0 unspecified atom stereocenters. The summed E-state index contributed by atoms with van der Waals surface area (Å²) < 4.78 is 3.05. The molecule has 6 heteroatoms. The van der Waals surface area contributed by atoms with Gasteiger partial charge >= 0.3 is 0 Å². The van der Waals surface area contributed by atoms with Crippen molar-refractivity contribution in [1.29, 1.82) is 0 Å². The molecule has 3 fully saturated rings. The molecule has 0 radical (unpaired) electrons. The van der Waals surface area contributed by atoms with Crippen LogP contribution >= 0.6 is 0 Å². The predicted molar refractivity (Wildman–Crippen MR) is 64.1 cm³/mol. The van der Waals surface area contributed by atoms with Crippen LogP contribution in [0, 0.1) is 12.8 Å². The summed E-state index contributed by atoms with van der Waals surface area (Å²) in [4.78, 5) is 12.1. The first kappa shape index (κ1) is 10.3. The molecule has 94 valence electrons. The number of nitrogens with zero attached hydrogens (tertiary/aromatic N) is 4. The molecule has 3 saturated carbocycles. The Hall–Kier alpha value is -1.69. The zero-order chi connectivity index (χ0) is 12.5. The molecule has 0 saturated heterocycles. The minimum atomic E-state index is -0.396. The quantitative estimate of drug-likeness (QED) is 0.830. The fourth-order valence-electron chi connectivity index (χ4n) is 3.39. The first-order valence-corrected chi connectivity index (χ1v) is 6.21. The van der Waals surface area contributed by atoms with Crippen LogP contribution in [0.25, 0.3) is 10.9 Å². The molecule has 3 aliphatic carbocycles. The zero-order valence-corrected chi connectivity index (χ0v) is 10.1. The van der Waals surface area contributed by atoms with Crippen molar-refractivity contribution in [2.75, 3.05) is 0 Å². The van der Waals surface area contributed by atoms with Gasteiger partial charge in [-0.05, 0) is 32.1 Å². The average molecular weight is 246 g/mol. The monoisotopic (exact) mass is 246 g/mol. The smallest absolute Gasteiger partial charge is 0.280 e. The molecular weight excluding hydrogens is 232 g/mol. The van der Waals surface area contributed by atoms with E-state index in [-0.39, 0.29) is 11.1 Å². The number of hydrogen-bond donors (Lipinski definition) is 1. The van der Waals surface area contributed by atoms with Gasteiger partial charge in [0.05, 0.1) is 28.3 Å². The van der Waals surface area contributed by atoms with Crippen LogP contribution in [0.3, 0.4) is 0 Å². The van der Waals surface area contributed by atoms with Crippen molar-refractivity contribution < 1.29 is 5.11 Å². The lowest BCUT2D eigenvalue weighted by atomic mass is 9.50. The summed E-state index contributed by atoms with van der Waals surface area (Å²) in [6.45, 7) is 1.44. The molecule has 0 aromatic carbocycles. The number of aliphatic hydroxyl groups is 1. The van der Waals surface area contributed by atoms with Crippen molar-refractivity contribution in [1.82, 2.24) is 19.6 Å². The third kappa shape index (κ3) is 1.00. The number of aryl methyl sites for hydroxylation is 1. The van der Waals surface area contributed by atoms with Gasteiger partial charge in [0.15, 0.2) is 0 Å². The summed E-state index contributed by atoms with van der Waals surface area (Å²) in [5, 5.41) is 18.2. The molecule has 18 heavy (non-hydrogen) atoms. The van der Waals surface area contributed by atoms with Crippen molar-refractivity contribution >= 4 is 10.9 Å². The lowest BCUT2D eigenvalue weighted by molar-refractivity contribution is -0.0946. The summed E-state index contributed by atoms with van der Waals surface area (Å²) in [7, 11) is 0. The third-order valence-electron chi connectivity index (χ3n) is 4.45. The summed E-state index contributed by atoms with van der Waals surface area (Å²) in [6, 6.07) is 0. The maximum atomic E-state index is 12.1. The molecule has 2 aromatic heterocycles. The summed E-state index contributed by atoms with van der Waals surface area (Å²) in [6.07, 6.45) is 5.16. The van der Waals surface area contributed by atoms with Gasteiger partial charge in [-0.3, -0.25) is 9.48 Å². The van der Waals surface area contributed by atoms with Crippen LogP contribution < -0.4 is 5.56 Å². The van der Waals surface area contributed by atoms with E-state index in [0.29, 0.717) is 5.39 Å². The maximum absolute atomic E-state index is 12.1. The molecule has 1 N–H and O–H groups in total. The Bertz CT molecular complexity index is 698. The largest absolute Gasteiger partial charge is 0.374 e. The van der Waals surface area contributed by atoms with Gasteiger partial charge in [0.25, 0.3) is 5.56 Å². The molecule has 5 rings (SSSR count). The average Bonchev–Trinajstić information content (AvgIpc) is 2.53. The molecule has 6 nitrogen and oxygen atoms in total. The summed E-state index contributed by atoms with van der Waals surface area (Å²) in [5.74, 6) is 0.857. The van der Waals surface area contributed by atoms with Crippen LogP contribution in [0.2, 0.25) is 0 Å². The van der Waals surface area contributed by atoms with Crippen molar-refractivity contribution in [3.63, 3.8) is 0 Å². The number of rotatable bonds is 2. The fraction of sp³-hybridized carbons (Fsp3) is 0.583.